The zero-order valence-electron chi connectivity index (χ0n) is 20.0. The summed E-state index contributed by atoms with van der Waals surface area (Å²) in [5.41, 5.74) is 2.76. The second kappa shape index (κ2) is 12.4. The average molecular weight is 454 g/mol. The van der Waals surface area contributed by atoms with E-state index in [1.54, 1.807) is 7.11 Å². The summed E-state index contributed by atoms with van der Waals surface area (Å²) >= 11 is 0. The third-order valence-electron chi connectivity index (χ3n) is 5.32. The summed E-state index contributed by atoms with van der Waals surface area (Å²) in [5, 5.41) is 15.3. The fourth-order valence-electron chi connectivity index (χ4n) is 3.76. The van der Waals surface area contributed by atoms with E-state index in [1.807, 2.05) is 73.1 Å². The highest BCUT2D eigenvalue weighted by Gasteiger charge is 2.23. The maximum absolute atomic E-state index is 10.4. The molecule has 3 rings (SSSR count). The third kappa shape index (κ3) is 6.57. The number of aliphatic hydroxyl groups is 1. The Morgan fingerprint density at radius 2 is 1.73 bits per heavy atom. The van der Waals surface area contributed by atoms with Crippen LogP contribution in [0.1, 0.15) is 31.5 Å². The molecular formula is C26H35N3O4. The number of benzene rings is 2. The summed E-state index contributed by atoms with van der Waals surface area (Å²) < 4.78 is 19.2. The first kappa shape index (κ1) is 24.8. The monoisotopic (exact) mass is 453 g/mol. The predicted molar refractivity (Wildman–Crippen MR) is 129 cm³/mol. The predicted octanol–water partition coefficient (Wildman–Crippen LogP) is 4.59. The fourth-order valence-corrected chi connectivity index (χ4v) is 3.76. The highest BCUT2D eigenvalue weighted by molar-refractivity contribution is 5.47. The second-order valence-electron chi connectivity index (χ2n) is 7.92. The van der Waals surface area contributed by atoms with Gasteiger partial charge in [0.15, 0.2) is 11.5 Å². The van der Waals surface area contributed by atoms with Gasteiger partial charge < -0.3 is 19.3 Å². The van der Waals surface area contributed by atoms with Gasteiger partial charge in [0.05, 0.1) is 36.8 Å². The maximum atomic E-state index is 10.4. The van der Waals surface area contributed by atoms with E-state index in [9.17, 15) is 5.11 Å². The van der Waals surface area contributed by atoms with E-state index in [4.69, 9.17) is 19.3 Å². The molecule has 178 valence electrons. The van der Waals surface area contributed by atoms with Crippen LogP contribution in [0.15, 0.2) is 54.6 Å². The summed E-state index contributed by atoms with van der Waals surface area (Å²) in [6.45, 7) is 8.91. The van der Waals surface area contributed by atoms with Crippen molar-refractivity contribution >= 4 is 0 Å². The van der Waals surface area contributed by atoms with E-state index < -0.39 is 6.10 Å². The molecule has 1 aromatic heterocycles. The molecule has 1 heterocycles. The van der Waals surface area contributed by atoms with Crippen molar-refractivity contribution in [2.75, 3.05) is 33.4 Å². The number of ether oxygens (including phenoxy) is 3. The van der Waals surface area contributed by atoms with Crippen LogP contribution in [-0.4, -0.2) is 59.3 Å². The summed E-state index contributed by atoms with van der Waals surface area (Å²) in [6.07, 6.45) is 0.412. The molecule has 0 spiro atoms. The lowest BCUT2D eigenvalue weighted by Crippen LogP contribution is -2.35. The molecule has 0 bridgehead atoms. The van der Waals surface area contributed by atoms with Gasteiger partial charge in [-0.15, -0.1) is 0 Å². The first-order valence-corrected chi connectivity index (χ1v) is 11.5. The topological polar surface area (TPSA) is 69.0 Å². The summed E-state index contributed by atoms with van der Waals surface area (Å²) in [5.74, 6) is 1.92. The van der Waals surface area contributed by atoms with Crippen molar-refractivity contribution in [3.63, 3.8) is 0 Å². The van der Waals surface area contributed by atoms with Crippen molar-refractivity contribution in [1.29, 1.82) is 0 Å². The number of aromatic nitrogens is 2. The Labute approximate surface area is 196 Å². The van der Waals surface area contributed by atoms with Crippen LogP contribution in [0, 0.1) is 6.92 Å². The SMILES string of the molecule is CCCN(Cc1c(C)nn(-c2ccccc2)c1Oc1ccccc1OC)CC(O)COCC. The number of nitrogens with zero attached hydrogens (tertiary/aromatic N) is 3. The lowest BCUT2D eigenvalue weighted by molar-refractivity contribution is 0.0195. The Hall–Kier alpha value is -2.87. The quantitative estimate of drug-likeness (QED) is 0.408. The van der Waals surface area contributed by atoms with Crippen LogP contribution in [0.4, 0.5) is 0 Å². The molecule has 0 saturated heterocycles. The van der Waals surface area contributed by atoms with Gasteiger partial charge in [0.25, 0.3) is 0 Å². The Morgan fingerprint density at radius 3 is 2.39 bits per heavy atom. The molecular weight excluding hydrogens is 418 g/mol. The Kier molecular flexibility index (Phi) is 9.30. The maximum Gasteiger partial charge on any atom is 0.227 e. The molecule has 0 aliphatic rings. The molecule has 0 amide bonds. The minimum atomic E-state index is -0.556. The van der Waals surface area contributed by atoms with Crippen LogP contribution in [0.2, 0.25) is 0 Å². The summed E-state index contributed by atoms with van der Waals surface area (Å²) in [4.78, 5) is 2.22. The molecule has 7 nitrogen and oxygen atoms in total. The molecule has 0 aliphatic carbocycles. The van der Waals surface area contributed by atoms with Gasteiger partial charge >= 0.3 is 0 Å². The molecule has 1 unspecified atom stereocenters. The first-order chi connectivity index (χ1) is 16.1. The Balaban J connectivity index is 1.98. The number of hydrogen-bond donors (Lipinski definition) is 1. The third-order valence-corrected chi connectivity index (χ3v) is 5.32. The van der Waals surface area contributed by atoms with E-state index >= 15 is 0 Å². The number of para-hydroxylation sites is 3. The highest BCUT2D eigenvalue weighted by atomic mass is 16.5. The molecule has 0 aliphatic heterocycles. The van der Waals surface area contributed by atoms with Crippen LogP contribution in [0.5, 0.6) is 17.4 Å². The van der Waals surface area contributed by atoms with Crippen LogP contribution in [0.3, 0.4) is 0 Å². The molecule has 7 heteroatoms. The molecule has 0 saturated carbocycles. The molecule has 0 radical (unpaired) electrons. The number of hydrogen-bond acceptors (Lipinski definition) is 6. The van der Waals surface area contributed by atoms with Crippen molar-refractivity contribution < 1.29 is 19.3 Å². The number of rotatable bonds is 13. The van der Waals surface area contributed by atoms with E-state index in [0.717, 1.165) is 29.9 Å². The van der Waals surface area contributed by atoms with Gasteiger partial charge in [-0.25, -0.2) is 4.68 Å². The van der Waals surface area contributed by atoms with Gasteiger partial charge in [0, 0.05) is 19.7 Å². The number of methoxy groups -OCH3 is 1. The molecule has 33 heavy (non-hydrogen) atoms. The van der Waals surface area contributed by atoms with Gasteiger partial charge in [-0.05, 0) is 51.1 Å². The largest absolute Gasteiger partial charge is 0.493 e. The van der Waals surface area contributed by atoms with E-state index in [0.29, 0.717) is 43.7 Å². The lowest BCUT2D eigenvalue weighted by Gasteiger charge is -2.25. The van der Waals surface area contributed by atoms with Crippen molar-refractivity contribution in [2.24, 2.45) is 0 Å². The van der Waals surface area contributed by atoms with Gasteiger partial charge in [-0.3, -0.25) is 4.90 Å². The molecule has 2 aromatic carbocycles. The van der Waals surface area contributed by atoms with Crippen LogP contribution >= 0.6 is 0 Å². The van der Waals surface area contributed by atoms with E-state index in [-0.39, 0.29) is 0 Å². The zero-order chi connectivity index (χ0) is 23.6. The van der Waals surface area contributed by atoms with Gasteiger partial charge in [-0.2, -0.15) is 5.10 Å². The summed E-state index contributed by atoms with van der Waals surface area (Å²) in [6, 6.07) is 17.5. The zero-order valence-corrected chi connectivity index (χ0v) is 20.0. The lowest BCUT2D eigenvalue weighted by atomic mass is 10.2. The van der Waals surface area contributed by atoms with Crippen molar-refractivity contribution in [1.82, 2.24) is 14.7 Å². The highest BCUT2D eigenvalue weighted by Crippen LogP contribution is 2.36. The smallest absolute Gasteiger partial charge is 0.227 e. The van der Waals surface area contributed by atoms with Crippen molar-refractivity contribution in [3.8, 4) is 23.1 Å². The molecule has 0 fully saturated rings. The van der Waals surface area contributed by atoms with E-state index in [1.165, 1.54) is 0 Å². The minimum Gasteiger partial charge on any atom is -0.493 e. The normalized spacial score (nSPS) is 12.2. The molecule has 1 N–H and O–H groups in total. The summed E-state index contributed by atoms with van der Waals surface area (Å²) in [7, 11) is 1.63. The van der Waals surface area contributed by atoms with Crippen LogP contribution in [-0.2, 0) is 11.3 Å². The van der Waals surface area contributed by atoms with Gasteiger partial charge in [0.2, 0.25) is 5.88 Å². The van der Waals surface area contributed by atoms with Crippen LogP contribution in [0.25, 0.3) is 5.69 Å². The average Bonchev–Trinajstić information content (AvgIpc) is 3.13. The fraction of sp³-hybridized carbons (Fsp3) is 0.423. The number of aryl methyl sites for hydroxylation is 1. The van der Waals surface area contributed by atoms with Gasteiger partial charge in [-0.1, -0.05) is 37.3 Å². The Morgan fingerprint density at radius 1 is 1.03 bits per heavy atom. The molecule has 1 atom stereocenters. The standard InChI is InChI=1S/C26H35N3O4/c1-5-16-28(17-22(30)19-32-6-2)18-23-20(3)27-29(21-12-8-7-9-13-21)26(23)33-25-15-11-10-14-24(25)31-4/h7-15,22,30H,5-6,16-19H2,1-4H3. The van der Waals surface area contributed by atoms with Crippen molar-refractivity contribution in [2.45, 2.75) is 39.8 Å². The van der Waals surface area contributed by atoms with Gasteiger partial charge in [0.1, 0.15) is 0 Å². The van der Waals surface area contributed by atoms with Crippen molar-refractivity contribution in [3.05, 3.63) is 65.9 Å². The second-order valence-corrected chi connectivity index (χ2v) is 7.92. The van der Waals surface area contributed by atoms with E-state index in [2.05, 4.69) is 11.8 Å². The van der Waals surface area contributed by atoms with Crippen LogP contribution < -0.4 is 9.47 Å². The first-order valence-electron chi connectivity index (χ1n) is 11.5. The minimum absolute atomic E-state index is 0.323. The Bertz CT molecular complexity index is 990. The molecule has 3 aromatic rings. The number of aliphatic hydroxyl groups excluding tert-OH is 1.